The number of nitrogens with one attached hydrogen (secondary N) is 1. The molecule has 1 aromatic rings. The van der Waals surface area contributed by atoms with Crippen molar-refractivity contribution < 1.29 is 9.13 Å². The molecule has 0 aliphatic heterocycles. The van der Waals surface area contributed by atoms with Gasteiger partial charge in [-0.3, -0.25) is 11.3 Å². The van der Waals surface area contributed by atoms with Gasteiger partial charge < -0.3 is 4.74 Å². The van der Waals surface area contributed by atoms with Crippen molar-refractivity contribution in [2.45, 2.75) is 50.7 Å². The summed E-state index contributed by atoms with van der Waals surface area (Å²) in [6.45, 7) is 0. The molecule has 0 amide bonds. The zero-order valence-corrected chi connectivity index (χ0v) is 13.2. The standard InChI is InChI=1S/C16H24ClFN2O/c1-21-16(11-6-3-2-4-7-11)15(20-19)10-12-13(17)8-5-9-14(12)18/h5,8-9,11,15-16,20H,2-4,6-7,10,19H2,1H3. The highest BCUT2D eigenvalue weighted by Crippen LogP contribution is 2.31. The minimum absolute atomic E-state index is 0.0222. The third kappa shape index (κ3) is 4.16. The molecular formula is C16H24ClFN2O. The molecule has 0 aromatic heterocycles. The van der Waals surface area contributed by atoms with Gasteiger partial charge in [0.1, 0.15) is 5.82 Å². The van der Waals surface area contributed by atoms with Gasteiger partial charge in [-0.25, -0.2) is 4.39 Å². The third-order valence-corrected chi connectivity index (χ3v) is 4.84. The second kappa shape index (κ2) is 8.08. The number of benzene rings is 1. The molecular weight excluding hydrogens is 291 g/mol. The summed E-state index contributed by atoms with van der Waals surface area (Å²) in [5.74, 6) is 5.89. The lowest BCUT2D eigenvalue weighted by atomic mass is 9.81. The Kier molecular flexibility index (Phi) is 6.42. The summed E-state index contributed by atoms with van der Waals surface area (Å²) in [6, 6.07) is 4.60. The van der Waals surface area contributed by atoms with E-state index in [4.69, 9.17) is 22.2 Å². The Balaban J connectivity index is 2.13. The van der Waals surface area contributed by atoms with Crippen LogP contribution in [0.1, 0.15) is 37.7 Å². The van der Waals surface area contributed by atoms with Crippen LogP contribution in [-0.2, 0) is 11.2 Å². The van der Waals surface area contributed by atoms with Gasteiger partial charge in [0, 0.05) is 17.7 Å². The zero-order chi connectivity index (χ0) is 15.2. The summed E-state index contributed by atoms with van der Waals surface area (Å²) in [4.78, 5) is 0. The van der Waals surface area contributed by atoms with Crippen LogP contribution in [0.2, 0.25) is 5.02 Å². The first-order valence-electron chi connectivity index (χ1n) is 7.59. The number of hydrazine groups is 1. The second-order valence-electron chi connectivity index (χ2n) is 5.78. The van der Waals surface area contributed by atoms with E-state index in [2.05, 4.69) is 5.43 Å². The van der Waals surface area contributed by atoms with Crippen molar-refractivity contribution in [1.29, 1.82) is 0 Å². The molecule has 1 aliphatic rings. The molecule has 0 saturated heterocycles. The van der Waals surface area contributed by atoms with Gasteiger partial charge in [-0.05, 0) is 37.3 Å². The molecule has 2 unspecified atom stereocenters. The van der Waals surface area contributed by atoms with Gasteiger partial charge in [0.25, 0.3) is 0 Å². The first kappa shape index (κ1) is 16.7. The Hall–Kier alpha value is -0.680. The van der Waals surface area contributed by atoms with Crippen molar-refractivity contribution in [2.24, 2.45) is 11.8 Å². The number of hydrogen-bond acceptors (Lipinski definition) is 3. The van der Waals surface area contributed by atoms with E-state index in [1.165, 1.54) is 25.3 Å². The molecule has 118 valence electrons. The summed E-state index contributed by atoms with van der Waals surface area (Å²) in [6.07, 6.45) is 6.42. The molecule has 3 nitrogen and oxygen atoms in total. The van der Waals surface area contributed by atoms with Crippen LogP contribution in [0, 0.1) is 11.7 Å². The molecule has 1 fully saturated rings. The van der Waals surface area contributed by atoms with Crippen LogP contribution in [-0.4, -0.2) is 19.3 Å². The first-order valence-corrected chi connectivity index (χ1v) is 7.97. The maximum absolute atomic E-state index is 14.0. The molecule has 0 heterocycles. The Morgan fingerprint density at radius 2 is 2.10 bits per heavy atom. The van der Waals surface area contributed by atoms with Gasteiger partial charge >= 0.3 is 0 Å². The van der Waals surface area contributed by atoms with E-state index in [0.717, 1.165) is 12.8 Å². The van der Waals surface area contributed by atoms with Crippen LogP contribution >= 0.6 is 11.6 Å². The molecule has 1 saturated carbocycles. The highest BCUT2D eigenvalue weighted by Gasteiger charge is 2.31. The summed E-state index contributed by atoms with van der Waals surface area (Å²) in [5, 5.41) is 0.439. The number of hydrogen-bond donors (Lipinski definition) is 2. The maximum atomic E-state index is 14.0. The Bertz CT molecular complexity index is 432. The largest absolute Gasteiger partial charge is 0.379 e. The average Bonchev–Trinajstić information content (AvgIpc) is 2.51. The van der Waals surface area contributed by atoms with Crippen molar-refractivity contribution in [3.63, 3.8) is 0 Å². The van der Waals surface area contributed by atoms with Crippen LogP contribution in [0.4, 0.5) is 4.39 Å². The maximum Gasteiger partial charge on any atom is 0.127 e. The fourth-order valence-corrected chi connectivity index (χ4v) is 3.61. The van der Waals surface area contributed by atoms with E-state index in [9.17, 15) is 4.39 Å². The molecule has 2 rings (SSSR count). The topological polar surface area (TPSA) is 47.3 Å². The first-order chi connectivity index (χ1) is 10.2. The molecule has 21 heavy (non-hydrogen) atoms. The molecule has 1 aliphatic carbocycles. The number of nitrogens with two attached hydrogens (primary N) is 1. The fourth-order valence-electron chi connectivity index (χ4n) is 3.37. The van der Waals surface area contributed by atoms with Gasteiger partial charge in [0.2, 0.25) is 0 Å². The molecule has 2 atom stereocenters. The second-order valence-corrected chi connectivity index (χ2v) is 6.18. The lowest BCUT2D eigenvalue weighted by Crippen LogP contribution is -2.50. The van der Waals surface area contributed by atoms with Crippen molar-refractivity contribution >= 4 is 11.6 Å². The minimum Gasteiger partial charge on any atom is -0.379 e. The SMILES string of the molecule is COC(C1CCCCC1)C(Cc1c(F)cccc1Cl)NN. The van der Waals surface area contributed by atoms with Crippen LogP contribution in [0.3, 0.4) is 0 Å². The van der Waals surface area contributed by atoms with Crippen molar-refractivity contribution in [3.05, 3.63) is 34.6 Å². The van der Waals surface area contributed by atoms with Crippen molar-refractivity contribution in [1.82, 2.24) is 5.43 Å². The van der Waals surface area contributed by atoms with E-state index in [0.29, 0.717) is 22.9 Å². The number of rotatable bonds is 6. The van der Waals surface area contributed by atoms with Gasteiger partial charge in [0.15, 0.2) is 0 Å². The number of methoxy groups -OCH3 is 1. The van der Waals surface area contributed by atoms with E-state index in [-0.39, 0.29) is 18.0 Å². The number of ether oxygens (including phenoxy) is 1. The van der Waals surface area contributed by atoms with E-state index < -0.39 is 0 Å². The molecule has 0 spiro atoms. The van der Waals surface area contributed by atoms with Gasteiger partial charge in [-0.1, -0.05) is 36.9 Å². The molecule has 3 N–H and O–H groups in total. The smallest absolute Gasteiger partial charge is 0.127 e. The highest BCUT2D eigenvalue weighted by atomic mass is 35.5. The summed E-state index contributed by atoms with van der Waals surface area (Å²) in [7, 11) is 1.70. The molecule has 0 bridgehead atoms. The van der Waals surface area contributed by atoms with Crippen LogP contribution in [0.15, 0.2) is 18.2 Å². The van der Waals surface area contributed by atoms with Crippen LogP contribution < -0.4 is 11.3 Å². The predicted molar refractivity (Wildman–Crippen MR) is 83.6 cm³/mol. The van der Waals surface area contributed by atoms with Crippen LogP contribution in [0.25, 0.3) is 0 Å². The Morgan fingerprint density at radius 3 is 2.67 bits per heavy atom. The molecule has 1 aromatic carbocycles. The summed E-state index contributed by atoms with van der Waals surface area (Å²) in [5.41, 5.74) is 3.30. The highest BCUT2D eigenvalue weighted by molar-refractivity contribution is 6.31. The van der Waals surface area contributed by atoms with Gasteiger partial charge in [0.05, 0.1) is 12.1 Å². The molecule has 5 heteroatoms. The summed E-state index contributed by atoms with van der Waals surface area (Å²) >= 11 is 6.11. The van der Waals surface area contributed by atoms with E-state index in [1.807, 2.05) is 0 Å². The monoisotopic (exact) mass is 314 g/mol. The Morgan fingerprint density at radius 1 is 1.38 bits per heavy atom. The van der Waals surface area contributed by atoms with E-state index in [1.54, 1.807) is 19.2 Å². The lowest BCUT2D eigenvalue weighted by Gasteiger charge is -2.34. The van der Waals surface area contributed by atoms with Gasteiger partial charge in [-0.15, -0.1) is 0 Å². The predicted octanol–water partition coefficient (Wildman–Crippen LogP) is 3.45. The lowest BCUT2D eigenvalue weighted by molar-refractivity contribution is 0.00810. The normalized spacial score (nSPS) is 19.4. The van der Waals surface area contributed by atoms with Crippen molar-refractivity contribution in [3.8, 4) is 0 Å². The average molecular weight is 315 g/mol. The zero-order valence-electron chi connectivity index (χ0n) is 12.4. The number of halogens is 2. The van der Waals surface area contributed by atoms with Crippen LogP contribution in [0.5, 0.6) is 0 Å². The van der Waals surface area contributed by atoms with E-state index >= 15 is 0 Å². The Labute approximate surface area is 131 Å². The van der Waals surface area contributed by atoms with Crippen molar-refractivity contribution in [2.75, 3.05) is 7.11 Å². The van der Waals surface area contributed by atoms with Gasteiger partial charge in [-0.2, -0.15) is 0 Å². The minimum atomic E-state index is -0.291. The third-order valence-electron chi connectivity index (χ3n) is 4.48. The quantitative estimate of drug-likeness (QED) is 0.624. The summed E-state index contributed by atoms with van der Waals surface area (Å²) < 4.78 is 19.6. The fraction of sp³-hybridized carbons (Fsp3) is 0.625. The molecule has 0 radical (unpaired) electrons.